The Labute approximate surface area is 103 Å². The van der Waals surface area contributed by atoms with Gasteiger partial charge in [-0.05, 0) is 53.9 Å². The molecule has 0 amide bonds. The molecular formula is C11H16BrNOS. The van der Waals surface area contributed by atoms with Crippen LogP contribution in [-0.4, -0.2) is 24.8 Å². The zero-order chi connectivity index (χ0) is 10.7. The van der Waals surface area contributed by atoms with Gasteiger partial charge in [0.05, 0.1) is 10.4 Å². The van der Waals surface area contributed by atoms with E-state index in [1.807, 2.05) is 0 Å². The van der Waals surface area contributed by atoms with E-state index in [2.05, 4.69) is 33.4 Å². The second kappa shape index (κ2) is 4.95. The van der Waals surface area contributed by atoms with Crippen LogP contribution in [0, 0.1) is 5.41 Å². The summed E-state index contributed by atoms with van der Waals surface area (Å²) in [6.07, 6.45) is 3.30. The van der Waals surface area contributed by atoms with Crippen LogP contribution >= 0.6 is 27.3 Å². The third kappa shape index (κ3) is 2.81. The molecule has 0 spiro atoms. The van der Waals surface area contributed by atoms with Gasteiger partial charge in [-0.25, -0.2) is 0 Å². The molecule has 1 unspecified atom stereocenters. The summed E-state index contributed by atoms with van der Waals surface area (Å²) in [7, 11) is 0. The van der Waals surface area contributed by atoms with Crippen LogP contribution in [0.5, 0.6) is 0 Å². The van der Waals surface area contributed by atoms with E-state index in [4.69, 9.17) is 0 Å². The van der Waals surface area contributed by atoms with Gasteiger partial charge in [0.25, 0.3) is 0 Å². The minimum atomic E-state index is 0.0720. The number of nitrogens with one attached hydrogen (secondary N) is 1. The van der Waals surface area contributed by atoms with E-state index in [1.165, 1.54) is 15.1 Å². The molecule has 0 aliphatic carbocycles. The number of hydrogen-bond acceptors (Lipinski definition) is 3. The first kappa shape index (κ1) is 11.6. The van der Waals surface area contributed by atoms with Crippen molar-refractivity contribution in [1.82, 2.24) is 5.32 Å². The van der Waals surface area contributed by atoms with Crippen molar-refractivity contribution < 1.29 is 5.11 Å². The van der Waals surface area contributed by atoms with Gasteiger partial charge in [0.15, 0.2) is 0 Å². The topological polar surface area (TPSA) is 32.3 Å². The van der Waals surface area contributed by atoms with Crippen molar-refractivity contribution in [3.63, 3.8) is 0 Å². The Kier molecular flexibility index (Phi) is 3.83. The molecular weight excluding hydrogens is 274 g/mol. The van der Waals surface area contributed by atoms with Crippen molar-refractivity contribution in [2.24, 2.45) is 5.41 Å². The molecule has 1 aromatic rings. The lowest BCUT2D eigenvalue weighted by Crippen LogP contribution is -2.43. The number of hydrogen-bond donors (Lipinski definition) is 2. The first-order chi connectivity index (χ1) is 7.24. The zero-order valence-electron chi connectivity index (χ0n) is 8.63. The molecule has 2 heterocycles. The Morgan fingerprint density at radius 3 is 2.93 bits per heavy atom. The van der Waals surface area contributed by atoms with E-state index in [0.717, 1.165) is 25.9 Å². The van der Waals surface area contributed by atoms with Crippen LogP contribution in [0.15, 0.2) is 15.9 Å². The molecule has 1 atom stereocenters. The van der Waals surface area contributed by atoms with Gasteiger partial charge >= 0.3 is 0 Å². The molecule has 1 saturated heterocycles. The van der Waals surface area contributed by atoms with Crippen molar-refractivity contribution in [3.05, 3.63) is 20.8 Å². The van der Waals surface area contributed by atoms with Gasteiger partial charge in [-0.15, -0.1) is 11.3 Å². The summed E-state index contributed by atoms with van der Waals surface area (Å²) in [5, 5.41) is 12.9. The summed E-state index contributed by atoms with van der Waals surface area (Å²) in [5.41, 5.74) is 0.0720. The van der Waals surface area contributed by atoms with Crippen LogP contribution in [0.25, 0.3) is 0 Å². The number of aliphatic hydroxyl groups excluding tert-OH is 1. The molecule has 0 bridgehead atoms. The molecule has 1 aliphatic rings. The van der Waals surface area contributed by atoms with Gasteiger partial charge in [-0.1, -0.05) is 0 Å². The third-order valence-electron chi connectivity index (χ3n) is 3.07. The van der Waals surface area contributed by atoms with E-state index < -0.39 is 0 Å². The van der Waals surface area contributed by atoms with Gasteiger partial charge in [-0.3, -0.25) is 0 Å². The SMILES string of the molecule is OCC1(Cc2ccc(Br)s2)CCCNC1. The van der Waals surface area contributed by atoms with Crippen LogP contribution in [0.1, 0.15) is 17.7 Å². The fourth-order valence-electron chi connectivity index (χ4n) is 2.19. The molecule has 1 aliphatic heterocycles. The van der Waals surface area contributed by atoms with Crippen molar-refractivity contribution in [3.8, 4) is 0 Å². The van der Waals surface area contributed by atoms with Crippen molar-refractivity contribution in [2.75, 3.05) is 19.7 Å². The number of halogens is 1. The first-order valence-electron chi connectivity index (χ1n) is 5.30. The highest BCUT2D eigenvalue weighted by molar-refractivity contribution is 9.11. The van der Waals surface area contributed by atoms with Crippen molar-refractivity contribution in [2.45, 2.75) is 19.3 Å². The maximum absolute atomic E-state index is 9.56. The van der Waals surface area contributed by atoms with Crippen LogP contribution in [-0.2, 0) is 6.42 Å². The minimum Gasteiger partial charge on any atom is -0.396 e. The largest absolute Gasteiger partial charge is 0.396 e. The number of piperidine rings is 1. The standard InChI is InChI=1S/C11H16BrNOS/c12-10-3-2-9(15-10)6-11(8-14)4-1-5-13-7-11/h2-3,13-14H,1,4-8H2. The van der Waals surface area contributed by atoms with E-state index in [-0.39, 0.29) is 12.0 Å². The fourth-order valence-corrected chi connectivity index (χ4v) is 3.85. The molecule has 1 aromatic heterocycles. The maximum Gasteiger partial charge on any atom is 0.0701 e. The first-order valence-corrected chi connectivity index (χ1v) is 6.91. The Balaban J connectivity index is 2.06. The lowest BCUT2D eigenvalue weighted by Gasteiger charge is -2.35. The third-order valence-corrected chi connectivity index (χ3v) is 4.70. The average molecular weight is 290 g/mol. The van der Waals surface area contributed by atoms with Crippen LogP contribution in [0.4, 0.5) is 0 Å². The van der Waals surface area contributed by atoms with E-state index in [1.54, 1.807) is 11.3 Å². The number of thiophene rings is 1. The molecule has 2 nitrogen and oxygen atoms in total. The highest BCUT2D eigenvalue weighted by Crippen LogP contribution is 2.33. The van der Waals surface area contributed by atoms with Gasteiger partial charge in [0, 0.05) is 16.8 Å². The van der Waals surface area contributed by atoms with Crippen molar-refractivity contribution in [1.29, 1.82) is 0 Å². The summed E-state index contributed by atoms with van der Waals surface area (Å²) < 4.78 is 1.18. The quantitative estimate of drug-likeness (QED) is 0.896. The lowest BCUT2D eigenvalue weighted by molar-refractivity contribution is 0.0956. The minimum absolute atomic E-state index is 0.0720. The molecule has 0 aromatic carbocycles. The summed E-state index contributed by atoms with van der Waals surface area (Å²) in [4.78, 5) is 1.36. The highest BCUT2D eigenvalue weighted by atomic mass is 79.9. The van der Waals surface area contributed by atoms with Gasteiger partial charge in [-0.2, -0.15) is 0 Å². The Morgan fingerprint density at radius 1 is 1.53 bits per heavy atom. The normalized spacial score (nSPS) is 26.8. The summed E-state index contributed by atoms with van der Waals surface area (Å²) in [6, 6.07) is 4.24. The molecule has 15 heavy (non-hydrogen) atoms. The van der Waals surface area contributed by atoms with Crippen LogP contribution in [0.2, 0.25) is 0 Å². The molecule has 0 radical (unpaired) electrons. The molecule has 4 heteroatoms. The van der Waals surface area contributed by atoms with Gasteiger partial charge in [0.1, 0.15) is 0 Å². The maximum atomic E-state index is 9.56. The lowest BCUT2D eigenvalue weighted by atomic mass is 9.78. The van der Waals surface area contributed by atoms with E-state index >= 15 is 0 Å². The van der Waals surface area contributed by atoms with E-state index in [9.17, 15) is 5.11 Å². The Bertz CT molecular complexity index is 320. The summed E-state index contributed by atoms with van der Waals surface area (Å²) in [5.74, 6) is 0. The van der Waals surface area contributed by atoms with Gasteiger partial charge in [0.2, 0.25) is 0 Å². The summed E-state index contributed by atoms with van der Waals surface area (Å²) in [6.45, 7) is 2.32. The monoisotopic (exact) mass is 289 g/mol. The molecule has 84 valence electrons. The predicted molar refractivity (Wildman–Crippen MR) is 67.3 cm³/mol. The average Bonchev–Trinajstić information content (AvgIpc) is 2.65. The number of aliphatic hydroxyl groups is 1. The second-order valence-corrected chi connectivity index (χ2v) is 6.87. The van der Waals surface area contributed by atoms with Crippen LogP contribution in [0.3, 0.4) is 0 Å². The highest BCUT2D eigenvalue weighted by Gasteiger charge is 2.31. The van der Waals surface area contributed by atoms with Gasteiger partial charge < -0.3 is 10.4 Å². The summed E-state index contributed by atoms with van der Waals surface area (Å²) >= 11 is 5.25. The smallest absolute Gasteiger partial charge is 0.0701 e. The molecule has 2 N–H and O–H groups in total. The predicted octanol–water partition coefficient (Wildman–Crippen LogP) is 2.42. The molecule has 2 rings (SSSR count). The number of rotatable bonds is 3. The van der Waals surface area contributed by atoms with E-state index in [0.29, 0.717) is 0 Å². The Morgan fingerprint density at radius 2 is 2.40 bits per heavy atom. The molecule has 0 saturated carbocycles. The Hall–Kier alpha value is 0.1000. The fraction of sp³-hybridized carbons (Fsp3) is 0.636. The zero-order valence-corrected chi connectivity index (χ0v) is 11.0. The van der Waals surface area contributed by atoms with Crippen molar-refractivity contribution >= 4 is 27.3 Å². The molecule has 1 fully saturated rings. The van der Waals surface area contributed by atoms with Crippen LogP contribution < -0.4 is 5.32 Å². The second-order valence-electron chi connectivity index (χ2n) is 4.32.